The largest absolute Gasteiger partial charge is 0.339 e. The van der Waals surface area contributed by atoms with E-state index in [9.17, 15) is 8.42 Å². The van der Waals surface area contributed by atoms with E-state index in [0.717, 1.165) is 16.6 Å². The Bertz CT molecular complexity index is 1230. The van der Waals surface area contributed by atoms with Crippen molar-refractivity contribution in [2.45, 2.75) is 11.9 Å². The van der Waals surface area contributed by atoms with E-state index in [1.165, 1.54) is 17.8 Å². The highest BCUT2D eigenvalue weighted by molar-refractivity contribution is 7.89. The molecule has 0 unspecified atom stereocenters. The molecule has 0 spiro atoms. The molecule has 4 aromatic rings. The van der Waals surface area contributed by atoms with Gasteiger partial charge in [0, 0.05) is 17.5 Å². The summed E-state index contributed by atoms with van der Waals surface area (Å²) in [6.45, 7) is 1.63. The van der Waals surface area contributed by atoms with Crippen LogP contribution in [0.5, 0.6) is 0 Å². The van der Waals surface area contributed by atoms with E-state index in [-0.39, 0.29) is 5.03 Å². The second-order valence-electron chi connectivity index (χ2n) is 5.71. The number of anilines is 2. The van der Waals surface area contributed by atoms with Crippen LogP contribution in [0, 0.1) is 6.92 Å². The highest BCUT2D eigenvalue weighted by Gasteiger charge is 2.18. The number of fused-ring (bicyclic) bond motifs is 1. The third kappa shape index (κ3) is 3.13. The van der Waals surface area contributed by atoms with Gasteiger partial charge >= 0.3 is 0 Å². The van der Waals surface area contributed by atoms with Gasteiger partial charge in [0.25, 0.3) is 10.0 Å². The molecule has 138 valence electrons. The second-order valence-corrected chi connectivity index (χ2v) is 7.54. The lowest BCUT2D eigenvalue weighted by atomic mass is 10.2. The summed E-state index contributed by atoms with van der Waals surface area (Å²) < 4.78 is 28.0. The molecule has 0 aliphatic heterocycles. The Balaban J connectivity index is 1.78. The number of nitrogens with zero attached hydrogens (tertiary/aromatic N) is 5. The monoisotopic (exact) mass is 384 g/mol. The molecule has 27 heavy (non-hydrogen) atoms. The van der Waals surface area contributed by atoms with Crippen molar-refractivity contribution < 1.29 is 8.42 Å². The minimum atomic E-state index is -3.70. The van der Waals surface area contributed by atoms with Crippen LogP contribution in [-0.2, 0) is 10.0 Å². The highest BCUT2D eigenvalue weighted by atomic mass is 32.2. The zero-order valence-corrected chi connectivity index (χ0v) is 15.3. The van der Waals surface area contributed by atoms with Crippen molar-refractivity contribution >= 4 is 32.4 Å². The Kier molecular flexibility index (Phi) is 4.09. The smallest absolute Gasteiger partial charge is 0.257 e. The standard InChI is InChI=1S/C16H16N8O2S/c1-10-20-15(8-16(21-10)27(25,26)17-2)24-14(6-7-19-24)22-12-4-3-5-13-11(12)9-18-23-13/h3-9,17,22H,1-2H3,(H,18,23). The van der Waals surface area contributed by atoms with Crippen molar-refractivity contribution in [1.82, 2.24) is 34.7 Å². The number of H-pyrrole nitrogens is 1. The van der Waals surface area contributed by atoms with Gasteiger partial charge in [-0.15, -0.1) is 0 Å². The van der Waals surface area contributed by atoms with E-state index in [4.69, 9.17) is 0 Å². The first-order valence-electron chi connectivity index (χ1n) is 8.01. The molecule has 10 nitrogen and oxygen atoms in total. The molecule has 3 heterocycles. The van der Waals surface area contributed by atoms with E-state index in [0.29, 0.717) is 17.5 Å². The molecule has 0 amide bonds. The number of benzene rings is 1. The van der Waals surface area contributed by atoms with Crippen molar-refractivity contribution in [3.8, 4) is 5.82 Å². The van der Waals surface area contributed by atoms with Gasteiger partial charge in [-0.25, -0.2) is 23.1 Å². The van der Waals surface area contributed by atoms with E-state index >= 15 is 0 Å². The fourth-order valence-corrected chi connectivity index (χ4v) is 3.39. The molecule has 0 saturated heterocycles. The summed E-state index contributed by atoms with van der Waals surface area (Å²) in [5.74, 6) is 1.28. The first-order chi connectivity index (χ1) is 13.0. The molecule has 0 saturated carbocycles. The van der Waals surface area contributed by atoms with E-state index in [2.05, 4.69) is 35.3 Å². The van der Waals surface area contributed by atoms with E-state index in [1.807, 2.05) is 18.2 Å². The van der Waals surface area contributed by atoms with Crippen LogP contribution in [0.15, 0.2) is 47.8 Å². The molecule has 0 atom stereocenters. The van der Waals surface area contributed by atoms with Crippen molar-refractivity contribution in [3.63, 3.8) is 0 Å². The van der Waals surface area contributed by atoms with Crippen molar-refractivity contribution in [2.24, 2.45) is 0 Å². The van der Waals surface area contributed by atoms with Gasteiger partial charge in [0.2, 0.25) is 0 Å². The molecule has 1 aromatic carbocycles. The first kappa shape index (κ1) is 17.1. The zero-order chi connectivity index (χ0) is 19.0. The highest BCUT2D eigenvalue weighted by Crippen LogP contribution is 2.26. The molecule has 3 N–H and O–H groups in total. The average Bonchev–Trinajstić information content (AvgIpc) is 3.31. The molecule has 0 radical (unpaired) electrons. The molecule has 11 heteroatoms. The fourth-order valence-electron chi connectivity index (χ4n) is 2.67. The minimum absolute atomic E-state index is 0.120. The SMILES string of the molecule is CNS(=O)(=O)c1cc(-n2nccc2Nc2cccc3[nH]ncc23)nc(C)n1. The minimum Gasteiger partial charge on any atom is -0.339 e. The summed E-state index contributed by atoms with van der Waals surface area (Å²) in [4.78, 5) is 8.32. The molecule has 0 aliphatic rings. The van der Waals surface area contributed by atoms with Gasteiger partial charge in [-0.1, -0.05) is 6.07 Å². The van der Waals surface area contributed by atoms with Gasteiger partial charge in [0.05, 0.1) is 23.6 Å². The maximum atomic E-state index is 12.1. The van der Waals surface area contributed by atoms with Crippen LogP contribution < -0.4 is 10.0 Å². The molecule has 0 fully saturated rings. The molecule has 3 aromatic heterocycles. The summed E-state index contributed by atoms with van der Waals surface area (Å²) in [7, 11) is -2.37. The summed E-state index contributed by atoms with van der Waals surface area (Å²) >= 11 is 0. The normalized spacial score (nSPS) is 11.8. The van der Waals surface area contributed by atoms with Crippen molar-refractivity contribution in [2.75, 3.05) is 12.4 Å². The number of hydrogen-bond acceptors (Lipinski definition) is 7. The number of rotatable bonds is 5. The number of sulfonamides is 1. The number of hydrogen-bond donors (Lipinski definition) is 3. The van der Waals surface area contributed by atoms with Crippen LogP contribution >= 0.6 is 0 Å². The lowest BCUT2D eigenvalue weighted by Gasteiger charge is -2.11. The Morgan fingerprint density at radius 3 is 2.85 bits per heavy atom. The third-order valence-corrected chi connectivity index (χ3v) is 5.25. The van der Waals surface area contributed by atoms with Crippen LogP contribution in [-0.4, -0.2) is 45.4 Å². The van der Waals surface area contributed by atoms with E-state index < -0.39 is 10.0 Å². The predicted molar refractivity (Wildman–Crippen MR) is 99.5 cm³/mol. The Hall–Kier alpha value is -3.31. The lowest BCUT2D eigenvalue weighted by Crippen LogP contribution is -2.21. The van der Waals surface area contributed by atoms with E-state index in [1.54, 1.807) is 25.4 Å². The van der Waals surface area contributed by atoms with Crippen LogP contribution in [0.4, 0.5) is 11.5 Å². The van der Waals surface area contributed by atoms with Gasteiger partial charge in [-0.2, -0.15) is 14.9 Å². The maximum Gasteiger partial charge on any atom is 0.257 e. The van der Waals surface area contributed by atoms with Gasteiger partial charge in [-0.05, 0) is 26.1 Å². The van der Waals surface area contributed by atoms with Gasteiger partial charge < -0.3 is 5.32 Å². The quantitative estimate of drug-likeness (QED) is 0.444. The maximum absolute atomic E-state index is 12.1. The molecule has 0 bridgehead atoms. The average molecular weight is 384 g/mol. The van der Waals surface area contributed by atoms with Crippen LogP contribution in [0.2, 0.25) is 0 Å². The molecular weight excluding hydrogens is 368 g/mol. The molecule has 0 aliphatic carbocycles. The predicted octanol–water partition coefficient (Wildman–Crippen LogP) is 1.50. The van der Waals surface area contributed by atoms with Crippen LogP contribution in [0.1, 0.15) is 5.82 Å². The number of nitrogens with one attached hydrogen (secondary N) is 3. The Labute approximate surface area is 154 Å². The van der Waals surface area contributed by atoms with Crippen LogP contribution in [0.25, 0.3) is 16.7 Å². The first-order valence-corrected chi connectivity index (χ1v) is 9.49. The summed E-state index contributed by atoms with van der Waals surface area (Å²) in [6.07, 6.45) is 3.33. The Morgan fingerprint density at radius 2 is 2.04 bits per heavy atom. The van der Waals surface area contributed by atoms with Gasteiger partial charge in [0.1, 0.15) is 11.6 Å². The number of aromatic nitrogens is 6. The molecule has 4 rings (SSSR count). The number of aryl methyl sites for hydroxylation is 1. The van der Waals surface area contributed by atoms with Gasteiger partial charge in [0.15, 0.2) is 10.8 Å². The summed E-state index contributed by atoms with van der Waals surface area (Å²) in [6, 6.07) is 8.87. The molecular formula is C16H16N8O2S. The summed E-state index contributed by atoms with van der Waals surface area (Å²) in [5, 5.41) is 15.3. The fraction of sp³-hybridized carbons (Fsp3) is 0.125. The van der Waals surface area contributed by atoms with Crippen LogP contribution in [0.3, 0.4) is 0 Å². The third-order valence-electron chi connectivity index (χ3n) is 3.95. The second kappa shape index (κ2) is 6.45. The Morgan fingerprint density at radius 1 is 1.19 bits per heavy atom. The lowest BCUT2D eigenvalue weighted by molar-refractivity contribution is 0.583. The zero-order valence-electron chi connectivity index (χ0n) is 14.5. The van der Waals surface area contributed by atoms with Crippen molar-refractivity contribution in [3.05, 3.63) is 48.5 Å². The topological polar surface area (TPSA) is 130 Å². The number of aromatic amines is 1. The van der Waals surface area contributed by atoms with Gasteiger partial charge in [-0.3, -0.25) is 5.10 Å². The van der Waals surface area contributed by atoms with Crippen molar-refractivity contribution in [1.29, 1.82) is 0 Å². The summed E-state index contributed by atoms with van der Waals surface area (Å²) in [5.41, 5.74) is 1.73.